The molecule has 0 aliphatic rings. The van der Waals surface area contributed by atoms with Crippen molar-refractivity contribution >= 4 is 47.0 Å². The van der Waals surface area contributed by atoms with Crippen LogP contribution in [-0.2, 0) is 14.3 Å². The van der Waals surface area contributed by atoms with Crippen molar-refractivity contribution < 1.29 is 24.2 Å². The van der Waals surface area contributed by atoms with Gasteiger partial charge in [-0.2, -0.15) is 12.6 Å². The fraction of sp³-hybridized carbons (Fsp3) is 0.367. The van der Waals surface area contributed by atoms with Crippen LogP contribution in [0.15, 0.2) is 60.7 Å². The molecule has 3 amide bonds. The molecule has 0 heterocycles. The fourth-order valence-electron chi connectivity index (χ4n) is 4.31. The van der Waals surface area contributed by atoms with E-state index in [9.17, 15) is 19.5 Å². The number of aryl methyl sites for hydroxylation is 1. The zero-order valence-electron chi connectivity index (χ0n) is 23.0. The highest BCUT2D eigenvalue weighted by Crippen LogP contribution is 2.29. The van der Waals surface area contributed by atoms with Gasteiger partial charge in [-0.3, -0.25) is 9.59 Å². The number of rotatable bonds is 9. The number of aliphatic hydroxyl groups excluding tert-OH is 1. The first-order chi connectivity index (χ1) is 18.4. The molecule has 3 aromatic rings. The maximum Gasteiger partial charge on any atom is 0.408 e. The van der Waals surface area contributed by atoms with Crippen molar-refractivity contribution in [2.75, 3.05) is 24.2 Å². The van der Waals surface area contributed by atoms with E-state index >= 15 is 0 Å². The van der Waals surface area contributed by atoms with E-state index in [1.807, 2.05) is 62.4 Å². The number of anilines is 1. The third kappa shape index (κ3) is 7.74. The number of hydrogen-bond acceptors (Lipinski definition) is 6. The third-order valence-electron chi connectivity index (χ3n) is 6.31. The van der Waals surface area contributed by atoms with Gasteiger partial charge < -0.3 is 25.4 Å². The standard InChI is InChI=1S/C30H37N3O5S/c1-19-9-8-12-24(20(19)2)26(27(35)31-23-14-13-21-10-6-7-11-22(21)17-23)33(15-16-34)28(36)25(18-39)32-29(37)38-30(3,4)5/h6-14,17,25-26,34,39H,15-16,18H2,1-5H3,(H,31,35)(H,32,37). The number of alkyl carbamates (subject to hydrolysis) is 1. The summed E-state index contributed by atoms with van der Waals surface area (Å²) < 4.78 is 5.32. The molecule has 3 rings (SSSR count). The van der Waals surface area contributed by atoms with Gasteiger partial charge in [0.25, 0.3) is 5.91 Å². The summed E-state index contributed by atoms with van der Waals surface area (Å²) in [5.41, 5.74) is 2.22. The van der Waals surface area contributed by atoms with Crippen molar-refractivity contribution in [2.24, 2.45) is 0 Å². The zero-order chi connectivity index (χ0) is 28.7. The fourth-order valence-corrected chi connectivity index (χ4v) is 4.56. The van der Waals surface area contributed by atoms with Crippen molar-refractivity contribution in [1.29, 1.82) is 0 Å². The largest absolute Gasteiger partial charge is 0.444 e. The third-order valence-corrected chi connectivity index (χ3v) is 6.68. The van der Waals surface area contributed by atoms with Gasteiger partial charge in [-0.05, 0) is 74.2 Å². The van der Waals surface area contributed by atoms with Gasteiger partial charge in [-0.15, -0.1) is 0 Å². The summed E-state index contributed by atoms with van der Waals surface area (Å²) in [5, 5.41) is 17.4. The first kappa shape index (κ1) is 30.0. The molecule has 0 radical (unpaired) electrons. The summed E-state index contributed by atoms with van der Waals surface area (Å²) in [5.74, 6) is -1.05. The first-order valence-electron chi connectivity index (χ1n) is 12.8. The lowest BCUT2D eigenvalue weighted by molar-refractivity contribution is -0.140. The van der Waals surface area contributed by atoms with Crippen LogP contribution in [0.5, 0.6) is 0 Å². The molecular formula is C30H37N3O5S. The molecule has 0 bridgehead atoms. The van der Waals surface area contributed by atoms with Gasteiger partial charge in [0.1, 0.15) is 17.7 Å². The smallest absolute Gasteiger partial charge is 0.408 e. The van der Waals surface area contributed by atoms with Crippen molar-refractivity contribution in [3.63, 3.8) is 0 Å². The number of carbonyl (C=O) groups is 3. The molecule has 0 aliphatic heterocycles. The lowest BCUT2D eigenvalue weighted by Crippen LogP contribution is -2.54. The van der Waals surface area contributed by atoms with E-state index < -0.39 is 35.6 Å². The van der Waals surface area contributed by atoms with E-state index in [-0.39, 0.29) is 18.9 Å². The predicted molar refractivity (Wildman–Crippen MR) is 157 cm³/mol. The SMILES string of the molecule is Cc1cccc(C(C(=O)Nc2ccc3ccccc3c2)N(CCO)C(=O)C(CS)NC(=O)OC(C)(C)C)c1C. The lowest BCUT2D eigenvalue weighted by Gasteiger charge is -2.34. The molecule has 3 aromatic carbocycles. The summed E-state index contributed by atoms with van der Waals surface area (Å²) in [7, 11) is 0. The van der Waals surface area contributed by atoms with Crippen molar-refractivity contribution in [1.82, 2.24) is 10.2 Å². The molecular weight excluding hydrogens is 514 g/mol. The Morgan fingerprint density at radius 2 is 1.69 bits per heavy atom. The van der Waals surface area contributed by atoms with Gasteiger partial charge in [0, 0.05) is 18.0 Å². The topological polar surface area (TPSA) is 108 Å². The quantitative estimate of drug-likeness (QED) is 0.286. The van der Waals surface area contributed by atoms with Crippen LogP contribution in [0.2, 0.25) is 0 Å². The first-order valence-corrected chi connectivity index (χ1v) is 13.5. The monoisotopic (exact) mass is 551 g/mol. The summed E-state index contributed by atoms with van der Waals surface area (Å²) >= 11 is 4.28. The van der Waals surface area contributed by atoms with Crippen LogP contribution < -0.4 is 10.6 Å². The number of nitrogens with one attached hydrogen (secondary N) is 2. The highest BCUT2D eigenvalue weighted by atomic mass is 32.1. The van der Waals surface area contributed by atoms with E-state index in [1.54, 1.807) is 32.9 Å². The Hall–Kier alpha value is -3.56. The van der Waals surface area contributed by atoms with Gasteiger partial charge in [0.05, 0.1) is 6.61 Å². The van der Waals surface area contributed by atoms with Gasteiger partial charge in [0.15, 0.2) is 0 Å². The maximum absolute atomic E-state index is 13.9. The van der Waals surface area contributed by atoms with Crippen LogP contribution in [0.4, 0.5) is 10.5 Å². The lowest BCUT2D eigenvalue weighted by atomic mass is 9.95. The van der Waals surface area contributed by atoms with Crippen molar-refractivity contribution in [2.45, 2.75) is 52.3 Å². The number of aliphatic hydroxyl groups is 1. The van der Waals surface area contributed by atoms with Crippen LogP contribution in [-0.4, -0.2) is 58.5 Å². The molecule has 2 unspecified atom stereocenters. The molecule has 0 aliphatic carbocycles. The van der Waals surface area contributed by atoms with E-state index in [4.69, 9.17) is 4.74 Å². The Bertz CT molecular complexity index is 1340. The molecule has 39 heavy (non-hydrogen) atoms. The highest BCUT2D eigenvalue weighted by molar-refractivity contribution is 7.80. The molecule has 3 N–H and O–H groups in total. The Morgan fingerprint density at radius 1 is 1.00 bits per heavy atom. The second kappa shape index (κ2) is 13.0. The summed E-state index contributed by atoms with van der Waals surface area (Å²) in [6.45, 7) is 8.44. The number of hydrogen-bond donors (Lipinski definition) is 4. The maximum atomic E-state index is 13.9. The average molecular weight is 552 g/mol. The van der Waals surface area contributed by atoms with Crippen molar-refractivity contribution in [3.8, 4) is 0 Å². The van der Waals surface area contributed by atoms with Crippen LogP contribution in [0.1, 0.15) is 43.5 Å². The number of ether oxygens (including phenoxy) is 1. The summed E-state index contributed by atoms with van der Waals surface area (Å²) in [6.07, 6.45) is -0.775. The second-order valence-electron chi connectivity index (χ2n) is 10.4. The number of nitrogens with zero attached hydrogens (tertiary/aromatic N) is 1. The van der Waals surface area contributed by atoms with Crippen LogP contribution in [0.3, 0.4) is 0 Å². The predicted octanol–water partition coefficient (Wildman–Crippen LogP) is 4.78. The van der Waals surface area contributed by atoms with Crippen LogP contribution >= 0.6 is 12.6 Å². The van der Waals surface area contributed by atoms with Crippen molar-refractivity contribution in [3.05, 3.63) is 77.4 Å². The molecule has 0 saturated heterocycles. The number of fused-ring (bicyclic) bond motifs is 1. The number of thiol groups is 1. The van der Waals surface area contributed by atoms with Crippen LogP contribution in [0.25, 0.3) is 10.8 Å². The molecule has 0 saturated carbocycles. The Kier molecular flexibility index (Phi) is 9.99. The summed E-state index contributed by atoms with van der Waals surface area (Å²) in [6, 6.07) is 16.8. The Balaban J connectivity index is 2.01. The average Bonchev–Trinajstić information content (AvgIpc) is 2.87. The van der Waals surface area contributed by atoms with E-state index in [2.05, 4.69) is 23.3 Å². The Labute approximate surface area is 235 Å². The second-order valence-corrected chi connectivity index (χ2v) is 10.7. The zero-order valence-corrected chi connectivity index (χ0v) is 23.9. The minimum atomic E-state index is -1.09. The van der Waals surface area contributed by atoms with E-state index in [0.717, 1.165) is 21.9 Å². The van der Waals surface area contributed by atoms with Gasteiger partial charge in [-0.1, -0.05) is 48.5 Å². The minimum Gasteiger partial charge on any atom is -0.444 e. The molecule has 2 atom stereocenters. The number of benzene rings is 3. The minimum absolute atomic E-state index is 0.0359. The number of carbonyl (C=O) groups excluding carboxylic acids is 3. The highest BCUT2D eigenvalue weighted by Gasteiger charge is 2.36. The molecule has 8 nitrogen and oxygen atoms in total. The molecule has 0 fully saturated rings. The van der Waals surface area contributed by atoms with Crippen LogP contribution in [0, 0.1) is 13.8 Å². The van der Waals surface area contributed by atoms with E-state index in [1.165, 1.54) is 4.90 Å². The molecule has 9 heteroatoms. The van der Waals surface area contributed by atoms with E-state index in [0.29, 0.717) is 11.3 Å². The molecule has 208 valence electrons. The summed E-state index contributed by atoms with van der Waals surface area (Å²) in [4.78, 5) is 41.5. The van der Waals surface area contributed by atoms with Gasteiger partial charge in [-0.25, -0.2) is 4.79 Å². The molecule has 0 spiro atoms. The Morgan fingerprint density at radius 3 is 2.33 bits per heavy atom. The van der Waals surface area contributed by atoms with Gasteiger partial charge >= 0.3 is 6.09 Å². The van der Waals surface area contributed by atoms with Gasteiger partial charge in [0.2, 0.25) is 5.91 Å². The number of amides is 3. The normalized spacial score (nSPS) is 12.9. The molecule has 0 aromatic heterocycles.